The average Bonchev–Trinajstić information content (AvgIpc) is 2.61. The zero-order chi connectivity index (χ0) is 18.1. The maximum absolute atomic E-state index is 12.5. The highest BCUT2D eigenvalue weighted by Crippen LogP contribution is 2.36. The van der Waals surface area contributed by atoms with Gasteiger partial charge in [-0.25, -0.2) is 0 Å². The van der Waals surface area contributed by atoms with Gasteiger partial charge in [0.1, 0.15) is 0 Å². The van der Waals surface area contributed by atoms with E-state index in [-0.39, 0.29) is 27.2 Å². The van der Waals surface area contributed by atoms with Crippen molar-refractivity contribution >= 4 is 46.5 Å². The molecule has 0 spiro atoms. The maximum Gasteiger partial charge on any atom is 0.255 e. The van der Waals surface area contributed by atoms with Crippen molar-refractivity contribution in [3.05, 3.63) is 74.8 Å². The van der Waals surface area contributed by atoms with Crippen LogP contribution in [0.5, 0.6) is 5.75 Å². The van der Waals surface area contributed by atoms with E-state index in [1.54, 1.807) is 36.4 Å². The predicted molar refractivity (Wildman–Crippen MR) is 98.9 cm³/mol. The lowest BCUT2D eigenvalue weighted by Gasteiger charge is -2.17. The second kappa shape index (κ2) is 6.75. The van der Waals surface area contributed by atoms with Crippen molar-refractivity contribution in [3.8, 4) is 5.75 Å². The van der Waals surface area contributed by atoms with Crippen molar-refractivity contribution in [2.24, 2.45) is 0 Å². The second-order valence-electron chi connectivity index (χ2n) is 5.44. The minimum atomic E-state index is -0.452. The highest BCUT2D eigenvalue weighted by atomic mass is 35.5. The number of allylic oxidation sites excluding steroid dienone is 2. The first-order valence-electron chi connectivity index (χ1n) is 7.40. The number of phenols is 1. The molecule has 0 atom stereocenters. The molecule has 0 saturated carbocycles. The predicted octanol–water partition coefficient (Wildman–Crippen LogP) is 4.11. The molecule has 25 heavy (non-hydrogen) atoms. The van der Waals surface area contributed by atoms with Crippen LogP contribution in [0, 0.1) is 0 Å². The van der Waals surface area contributed by atoms with Crippen LogP contribution >= 0.6 is 23.2 Å². The van der Waals surface area contributed by atoms with Gasteiger partial charge in [-0.15, -0.1) is 0 Å². The molecule has 2 aromatic rings. The second-order valence-corrected chi connectivity index (χ2v) is 6.26. The molecule has 126 valence electrons. The molecule has 6 heteroatoms. The minimum absolute atomic E-state index is 0.0587. The molecule has 0 aliphatic heterocycles. The van der Waals surface area contributed by atoms with Crippen LogP contribution in [0.4, 0.5) is 0 Å². The van der Waals surface area contributed by atoms with Gasteiger partial charge < -0.3 is 10.4 Å². The number of ketones is 1. The largest absolute Gasteiger partial charge is 0.505 e. The number of nitrogens with one attached hydrogen (secondary N) is 1. The van der Waals surface area contributed by atoms with Gasteiger partial charge in [0, 0.05) is 12.6 Å². The monoisotopic (exact) mass is 373 g/mol. The van der Waals surface area contributed by atoms with Gasteiger partial charge in [-0.1, -0.05) is 47.5 Å². The van der Waals surface area contributed by atoms with Crippen LogP contribution in [0.15, 0.2) is 48.0 Å². The fourth-order valence-electron chi connectivity index (χ4n) is 2.65. The number of benzene rings is 2. The molecule has 2 aromatic carbocycles. The zero-order valence-electron chi connectivity index (χ0n) is 13.1. The van der Waals surface area contributed by atoms with Crippen LogP contribution < -0.4 is 5.32 Å². The van der Waals surface area contributed by atoms with Gasteiger partial charge in [0.15, 0.2) is 11.5 Å². The van der Waals surface area contributed by atoms with E-state index in [1.807, 2.05) is 6.07 Å². The van der Waals surface area contributed by atoms with E-state index in [1.165, 1.54) is 13.1 Å². The Hall–Kier alpha value is -2.56. The Kier molecular flexibility index (Phi) is 4.66. The number of phenolic OH excluding ortho intramolecular Hbond substituents is 1. The van der Waals surface area contributed by atoms with Crippen molar-refractivity contribution < 1.29 is 14.7 Å². The van der Waals surface area contributed by atoms with Crippen LogP contribution in [-0.4, -0.2) is 23.8 Å². The Bertz CT molecular complexity index is 938. The molecule has 0 bridgehead atoms. The lowest BCUT2D eigenvalue weighted by molar-refractivity contribution is -0.116. The topological polar surface area (TPSA) is 66.4 Å². The van der Waals surface area contributed by atoms with Gasteiger partial charge in [0.2, 0.25) is 0 Å². The van der Waals surface area contributed by atoms with E-state index < -0.39 is 5.91 Å². The summed E-state index contributed by atoms with van der Waals surface area (Å²) in [6.07, 6.45) is 3.30. The van der Waals surface area contributed by atoms with Crippen LogP contribution in [0.3, 0.4) is 0 Å². The molecule has 1 aliphatic carbocycles. The molecule has 0 fully saturated rings. The maximum atomic E-state index is 12.5. The van der Waals surface area contributed by atoms with E-state index in [0.29, 0.717) is 22.3 Å². The summed E-state index contributed by atoms with van der Waals surface area (Å²) < 4.78 is 0. The smallest absolute Gasteiger partial charge is 0.255 e. The van der Waals surface area contributed by atoms with Gasteiger partial charge in [0.05, 0.1) is 15.6 Å². The number of Topliss-reactive ketones (excluding diaryl/α,β-unsaturated/α-hetero) is 1. The zero-order valence-corrected chi connectivity index (χ0v) is 14.7. The number of amides is 1. The molecule has 0 aromatic heterocycles. The first-order valence-corrected chi connectivity index (χ1v) is 8.15. The lowest BCUT2D eigenvalue weighted by atomic mass is 9.86. The summed E-state index contributed by atoms with van der Waals surface area (Å²) in [6.45, 7) is 0. The summed E-state index contributed by atoms with van der Waals surface area (Å²) in [5, 5.41) is 12.4. The van der Waals surface area contributed by atoms with Crippen LogP contribution in [0.1, 0.15) is 21.5 Å². The molecule has 0 unspecified atom stereocenters. The molecule has 1 aliphatic rings. The number of hydrogen-bond donors (Lipinski definition) is 2. The Morgan fingerprint density at radius 3 is 2.32 bits per heavy atom. The first-order chi connectivity index (χ1) is 11.9. The number of aromatic hydroxyl groups is 1. The highest BCUT2D eigenvalue weighted by Gasteiger charge is 2.27. The van der Waals surface area contributed by atoms with Crippen LogP contribution in [0.25, 0.3) is 11.6 Å². The summed E-state index contributed by atoms with van der Waals surface area (Å²) in [7, 11) is 1.47. The van der Waals surface area contributed by atoms with E-state index >= 15 is 0 Å². The van der Waals surface area contributed by atoms with Crippen molar-refractivity contribution in [2.45, 2.75) is 0 Å². The molecule has 2 N–H and O–H groups in total. The fraction of sp³-hybridized carbons (Fsp3) is 0.0526. The summed E-state index contributed by atoms with van der Waals surface area (Å²) >= 11 is 11.9. The summed E-state index contributed by atoms with van der Waals surface area (Å²) in [6, 6.07) is 10.2. The number of hydrogen-bond acceptors (Lipinski definition) is 3. The number of halogens is 2. The molecular weight excluding hydrogens is 361 g/mol. The standard InChI is InChI=1S/C19H13Cl2NO3/c1-22-19(25)14-9-11(12-4-2-3-5-13(12)17(14)23)6-10-7-15(20)18(24)16(21)8-10/h2-9,24H,1H3,(H,22,25). The van der Waals surface area contributed by atoms with Crippen molar-refractivity contribution in [2.75, 3.05) is 7.05 Å². The number of fused-ring (bicyclic) bond motifs is 1. The van der Waals surface area contributed by atoms with E-state index in [4.69, 9.17) is 23.2 Å². The normalized spacial score (nSPS) is 14.9. The molecule has 4 nitrogen and oxygen atoms in total. The Balaban J connectivity index is 2.20. The first kappa shape index (κ1) is 17.3. The van der Waals surface area contributed by atoms with E-state index in [9.17, 15) is 14.7 Å². The molecule has 0 saturated heterocycles. The van der Waals surface area contributed by atoms with Crippen molar-refractivity contribution in [1.82, 2.24) is 5.32 Å². The Labute approximate surface area is 154 Å². The van der Waals surface area contributed by atoms with Crippen LogP contribution in [0.2, 0.25) is 10.0 Å². The summed E-state index contributed by atoms with van der Waals surface area (Å²) in [5.74, 6) is -0.965. The van der Waals surface area contributed by atoms with Crippen LogP contribution in [-0.2, 0) is 4.79 Å². The third-order valence-electron chi connectivity index (χ3n) is 3.86. The number of likely N-dealkylation sites (N-methyl/N-ethyl adjacent to an activating group) is 1. The summed E-state index contributed by atoms with van der Waals surface area (Å²) in [5.41, 5.74) is 2.53. The molecule has 0 heterocycles. The van der Waals surface area contributed by atoms with Crippen molar-refractivity contribution in [3.63, 3.8) is 0 Å². The third-order valence-corrected chi connectivity index (χ3v) is 4.44. The van der Waals surface area contributed by atoms with Crippen molar-refractivity contribution in [1.29, 1.82) is 0 Å². The van der Waals surface area contributed by atoms with E-state index in [0.717, 1.165) is 0 Å². The Morgan fingerprint density at radius 2 is 1.72 bits per heavy atom. The molecule has 3 rings (SSSR count). The quantitative estimate of drug-likeness (QED) is 0.778. The lowest BCUT2D eigenvalue weighted by Crippen LogP contribution is -2.27. The van der Waals surface area contributed by atoms with Gasteiger partial charge in [-0.2, -0.15) is 0 Å². The van der Waals surface area contributed by atoms with Gasteiger partial charge in [0.25, 0.3) is 5.91 Å². The van der Waals surface area contributed by atoms with Gasteiger partial charge >= 0.3 is 0 Å². The third kappa shape index (κ3) is 3.18. The fourth-order valence-corrected chi connectivity index (χ4v) is 3.15. The number of carbonyl (C=O) groups excluding carboxylic acids is 2. The van der Waals surface area contributed by atoms with Gasteiger partial charge in [-0.3, -0.25) is 9.59 Å². The number of rotatable bonds is 2. The van der Waals surface area contributed by atoms with E-state index in [2.05, 4.69) is 5.32 Å². The molecule has 0 radical (unpaired) electrons. The minimum Gasteiger partial charge on any atom is -0.505 e. The van der Waals surface area contributed by atoms with Gasteiger partial charge in [-0.05, 0) is 41.0 Å². The molecular formula is C19H13Cl2NO3. The highest BCUT2D eigenvalue weighted by molar-refractivity contribution is 6.37. The number of carbonyl (C=O) groups is 2. The molecule has 1 amide bonds. The SMILES string of the molecule is CNC(=O)C1=CC(=Cc2cc(Cl)c(O)c(Cl)c2)c2ccccc2C1=O. The summed E-state index contributed by atoms with van der Waals surface area (Å²) in [4.78, 5) is 24.6. The average molecular weight is 374 g/mol. The Morgan fingerprint density at radius 1 is 1.12 bits per heavy atom.